The molecule has 1 N–H and O–H groups in total. The van der Waals surface area contributed by atoms with Crippen molar-refractivity contribution in [1.82, 2.24) is 10.2 Å². The highest BCUT2D eigenvalue weighted by atomic mass is 35.5. The van der Waals surface area contributed by atoms with E-state index in [4.69, 9.17) is 32.7 Å². The van der Waals surface area contributed by atoms with Gasteiger partial charge in [0.05, 0.1) is 23.3 Å². The lowest BCUT2D eigenvalue weighted by Crippen LogP contribution is -2.48. The highest BCUT2D eigenvalue weighted by Gasteiger charge is 2.28. The monoisotopic (exact) mass is 494 g/mol. The van der Waals surface area contributed by atoms with Crippen LogP contribution in [0.15, 0.2) is 36.4 Å². The average molecular weight is 495 g/mol. The average Bonchev–Trinajstić information content (AvgIpc) is 2.81. The van der Waals surface area contributed by atoms with E-state index in [9.17, 15) is 9.59 Å². The van der Waals surface area contributed by atoms with Gasteiger partial charge in [0, 0.05) is 20.0 Å². The van der Waals surface area contributed by atoms with Crippen LogP contribution in [0.2, 0.25) is 10.0 Å². The van der Waals surface area contributed by atoms with Gasteiger partial charge in [-0.05, 0) is 62.1 Å². The molecule has 0 heterocycles. The number of aryl methyl sites for hydroxylation is 1. The van der Waals surface area contributed by atoms with Crippen molar-refractivity contribution in [2.45, 2.75) is 52.6 Å². The molecule has 0 aliphatic carbocycles. The molecule has 2 amide bonds. The Labute approximate surface area is 206 Å². The van der Waals surface area contributed by atoms with E-state index in [1.807, 2.05) is 45.0 Å². The normalized spacial score (nSPS) is 11.6. The molecule has 0 fully saturated rings. The van der Waals surface area contributed by atoms with Crippen molar-refractivity contribution in [3.63, 3.8) is 0 Å². The van der Waals surface area contributed by atoms with Crippen LogP contribution in [0.25, 0.3) is 0 Å². The van der Waals surface area contributed by atoms with Gasteiger partial charge in [0.1, 0.15) is 6.04 Å². The molecule has 1 unspecified atom stereocenters. The summed E-state index contributed by atoms with van der Waals surface area (Å²) in [5, 5.41) is 3.51. The zero-order chi connectivity index (χ0) is 24.4. The molecule has 0 aliphatic heterocycles. The molecule has 6 nitrogen and oxygen atoms in total. The number of carbonyl (C=O) groups excluding carboxylic acids is 2. The van der Waals surface area contributed by atoms with E-state index in [-0.39, 0.29) is 24.8 Å². The maximum Gasteiger partial charge on any atom is 0.242 e. The first kappa shape index (κ1) is 26.8. The first-order valence-electron chi connectivity index (χ1n) is 11.2. The van der Waals surface area contributed by atoms with Gasteiger partial charge >= 0.3 is 0 Å². The number of amides is 2. The van der Waals surface area contributed by atoms with Crippen LogP contribution < -0.4 is 14.8 Å². The quantitative estimate of drug-likeness (QED) is 0.435. The van der Waals surface area contributed by atoms with E-state index in [0.29, 0.717) is 47.6 Å². The topological polar surface area (TPSA) is 67.9 Å². The van der Waals surface area contributed by atoms with Crippen LogP contribution >= 0.6 is 23.2 Å². The molecular formula is C25H32Cl2N2O4. The number of hydrogen-bond donors (Lipinski definition) is 1. The molecule has 180 valence electrons. The number of halogens is 2. The molecule has 1 atom stereocenters. The third-order valence-corrected chi connectivity index (χ3v) is 5.94. The lowest BCUT2D eigenvalue weighted by atomic mass is 10.1. The van der Waals surface area contributed by atoms with Crippen molar-refractivity contribution in [3.8, 4) is 11.5 Å². The number of ether oxygens (including phenoxy) is 2. The molecule has 8 heteroatoms. The zero-order valence-corrected chi connectivity index (χ0v) is 21.1. The number of carbonyl (C=O) groups is 2. The molecule has 0 bridgehead atoms. The van der Waals surface area contributed by atoms with Crippen LogP contribution in [-0.2, 0) is 22.6 Å². The highest BCUT2D eigenvalue weighted by molar-refractivity contribution is 6.42. The third kappa shape index (κ3) is 7.54. The summed E-state index contributed by atoms with van der Waals surface area (Å²) in [4.78, 5) is 27.4. The van der Waals surface area contributed by atoms with E-state index in [1.165, 1.54) is 0 Å². The Hall–Kier alpha value is -2.44. The Bertz CT molecular complexity index is 952. The van der Waals surface area contributed by atoms with Crippen LogP contribution in [-0.4, -0.2) is 43.0 Å². The molecule has 0 spiro atoms. The molecule has 2 aromatic carbocycles. The Balaban J connectivity index is 2.22. The lowest BCUT2D eigenvalue weighted by molar-refractivity contribution is -0.141. The summed E-state index contributed by atoms with van der Waals surface area (Å²) in [5.74, 6) is 1.02. The second kappa shape index (κ2) is 13.3. The van der Waals surface area contributed by atoms with Gasteiger partial charge in [-0.1, -0.05) is 42.3 Å². The minimum absolute atomic E-state index is 0.122. The van der Waals surface area contributed by atoms with Crippen molar-refractivity contribution >= 4 is 35.0 Å². The van der Waals surface area contributed by atoms with Gasteiger partial charge in [-0.3, -0.25) is 9.59 Å². The maximum atomic E-state index is 13.3. The maximum absolute atomic E-state index is 13.3. The third-order valence-electron chi connectivity index (χ3n) is 5.20. The second-order valence-electron chi connectivity index (χ2n) is 7.46. The summed E-state index contributed by atoms with van der Waals surface area (Å²) in [6, 6.07) is 10.3. The van der Waals surface area contributed by atoms with Crippen molar-refractivity contribution in [1.29, 1.82) is 0 Å². The number of benzene rings is 2. The van der Waals surface area contributed by atoms with Crippen LogP contribution in [0.4, 0.5) is 0 Å². The zero-order valence-electron chi connectivity index (χ0n) is 19.6. The molecule has 2 rings (SSSR count). The first-order valence-corrected chi connectivity index (χ1v) is 11.9. The van der Waals surface area contributed by atoms with Crippen LogP contribution in [0.3, 0.4) is 0 Å². The molecule has 0 radical (unpaired) electrons. The lowest BCUT2D eigenvalue weighted by Gasteiger charge is -2.30. The molecule has 2 aromatic rings. The predicted molar refractivity (Wildman–Crippen MR) is 132 cm³/mol. The summed E-state index contributed by atoms with van der Waals surface area (Å²) in [7, 11) is 1.57. The number of hydrogen-bond acceptors (Lipinski definition) is 4. The van der Waals surface area contributed by atoms with Gasteiger partial charge in [0.25, 0.3) is 0 Å². The fraction of sp³-hybridized carbons (Fsp3) is 0.440. The van der Waals surface area contributed by atoms with Crippen molar-refractivity contribution in [3.05, 3.63) is 57.6 Å². The number of likely N-dealkylation sites (N-methyl/N-ethyl adjacent to an activating group) is 1. The van der Waals surface area contributed by atoms with Gasteiger partial charge in [-0.25, -0.2) is 0 Å². The van der Waals surface area contributed by atoms with Crippen molar-refractivity contribution < 1.29 is 19.1 Å². The summed E-state index contributed by atoms with van der Waals surface area (Å²) in [6.45, 7) is 7.03. The van der Waals surface area contributed by atoms with E-state index < -0.39 is 6.04 Å². The summed E-state index contributed by atoms with van der Waals surface area (Å²) < 4.78 is 11.3. The Morgan fingerprint density at radius 3 is 2.21 bits per heavy atom. The summed E-state index contributed by atoms with van der Waals surface area (Å²) >= 11 is 12.2. The van der Waals surface area contributed by atoms with Gasteiger partial charge < -0.3 is 19.7 Å². The molecular weight excluding hydrogens is 463 g/mol. The predicted octanol–water partition coefficient (Wildman–Crippen LogP) is 5.28. The van der Waals surface area contributed by atoms with Crippen molar-refractivity contribution in [2.24, 2.45) is 0 Å². The van der Waals surface area contributed by atoms with Gasteiger partial charge in [0.2, 0.25) is 11.8 Å². The molecule has 0 saturated carbocycles. The van der Waals surface area contributed by atoms with E-state index in [2.05, 4.69) is 5.32 Å². The largest absolute Gasteiger partial charge is 0.490 e. The standard InChI is InChI=1S/C25H32Cl2N2O4/c1-5-21(25(31)28-4)29(16-18-8-11-19(26)20(27)14-18)24(30)13-10-17-9-12-22(32-6-2)23(15-17)33-7-3/h8-9,11-12,14-15,21H,5-7,10,13,16H2,1-4H3,(H,28,31). The number of nitrogens with zero attached hydrogens (tertiary/aromatic N) is 1. The van der Waals surface area contributed by atoms with Crippen LogP contribution in [0.1, 0.15) is 44.7 Å². The fourth-order valence-corrected chi connectivity index (χ4v) is 3.89. The highest BCUT2D eigenvalue weighted by Crippen LogP contribution is 2.29. The number of rotatable bonds is 12. The second-order valence-corrected chi connectivity index (χ2v) is 8.27. The molecule has 0 aromatic heterocycles. The molecule has 0 aliphatic rings. The Morgan fingerprint density at radius 1 is 0.939 bits per heavy atom. The van der Waals surface area contributed by atoms with E-state index in [0.717, 1.165) is 11.1 Å². The number of nitrogens with one attached hydrogen (secondary N) is 1. The summed E-state index contributed by atoms with van der Waals surface area (Å²) in [5.41, 5.74) is 1.76. The van der Waals surface area contributed by atoms with Crippen molar-refractivity contribution in [2.75, 3.05) is 20.3 Å². The van der Waals surface area contributed by atoms with Crippen LogP contribution in [0, 0.1) is 0 Å². The van der Waals surface area contributed by atoms with E-state index in [1.54, 1.807) is 24.1 Å². The Kier molecular flexibility index (Phi) is 10.8. The van der Waals surface area contributed by atoms with Gasteiger partial charge in [-0.15, -0.1) is 0 Å². The Morgan fingerprint density at radius 2 is 1.61 bits per heavy atom. The minimum atomic E-state index is -0.587. The molecule has 0 saturated heterocycles. The van der Waals surface area contributed by atoms with E-state index >= 15 is 0 Å². The molecule has 33 heavy (non-hydrogen) atoms. The van der Waals surface area contributed by atoms with Gasteiger partial charge in [-0.2, -0.15) is 0 Å². The smallest absolute Gasteiger partial charge is 0.242 e. The summed E-state index contributed by atoms with van der Waals surface area (Å²) in [6.07, 6.45) is 1.24. The first-order chi connectivity index (χ1) is 15.8. The SMILES string of the molecule is CCOc1ccc(CCC(=O)N(Cc2ccc(Cl)c(Cl)c2)C(CC)C(=O)NC)cc1OCC. The van der Waals surface area contributed by atoms with Crippen LogP contribution in [0.5, 0.6) is 11.5 Å². The minimum Gasteiger partial charge on any atom is -0.490 e. The van der Waals surface area contributed by atoms with Gasteiger partial charge in [0.15, 0.2) is 11.5 Å². The fourth-order valence-electron chi connectivity index (χ4n) is 3.57.